The lowest BCUT2D eigenvalue weighted by molar-refractivity contribution is -0.148. The second-order valence-corrected chi connectivity index (χ2v) is 4.70. The van der Waals surface area contributed by atoms with Crippen LogP contribution < -0.4 is 0 Å². The summed E-state index contributed by atoms with van der Waals surface area (Å²) in [5.41, 5.74) is -0.756. The summed E-state index contributed by atoms with van der Waals surface area (Å²) in [6, 6.07) is 0. The van der Waals surface area contributed by atoms with Gasteiger partial charge in [0.2, 0.25) is 0 Å². The van der Waals surface area contributed by atoms with Gasteiger partial charge in [0.05, 0.1) is 10.3 Å². The second kappa shape index (κ2) is 2.05. The van der Waals surface area contributed by atoms with Crippen LogP contribution in [0.2, 0.25) is 0 Å². The quantitative estimate of drug-likeness (QED) is 0.503. The molecule has 12 heavy (non-hydrogen) atoms. The number of carboxylic acids is 1. The van der Waals surface area contributed by atoms with Crippen molar-refractivity contribution in [1.82, 2.24) is 0 Å². The minimum Gasteiger partial charge on any atom is -0.481 e. The topological polar surface area (TPSA) is 37.3 Å². The molecule has 0 saturated heterocycles. The van der Waals surface area contributed by atoms with Crippen LogP contribution in [0.5, 0.6) is 0 Å². The highest BCUT2D eigenvalue weighted by molar-refractivity contribution is 6.28. The van der Waals surface area contributed by atoms with Gasteiger partial charge in [-0.05, 0) is 25.7 Å². The molecule has 3 unspecified atom stereocenters. The third-order valence-electron chi connectivity index (χ3n) is 3.25. The van der Waals surface area contributed by atoms with E-state index >= 15 is 0 Å². The highest BCUT2D eigenvalue weighted by Crippen LogP contribution is 2.58. The maximum absolute atomic E-state index is 11.0. The van der Waals surface area contributed by atoms with Crippen LogP contribution >= 0.6 is 11.6 Å². The van der Waals surface area contributed by atoms with Gasteiger partial charge in [-0.15, -0.1) is 11.6 Å². The van der Waals surface area contributed by atoms with E-state index in [0.717, 1.165) is 6.42 Å². The molecule has 0 aliphatic heterocycles. The summed E-state index contributed by atoms with van der Waals surface area (Å²) in [5, 5.41) is 9.04. The van der Waals surface area contributed by atoms with Crippen LogP contribution in [0, 0.1) is 11.3 Å². The SMILES string of the molecule is CC1(C(=O)O)CC2C=CC1(Cl)C2. The average molecular weight is 187 g/mol. The molecule has 3 atom stereocenters. The van der Waals surface area contributed by atoms with E-state index in [2.05, 4.69) is 0 Å². The zero-order valence-corrected chi connectivity index (χ0v) is 7.64. The van der Waals surface area contributed by atoms with Crippen molar-refractivity contribution in [2.75, 3.05) is 0 Å². The number of aliphatic carboxylic acids is 1. The molecule has 2 nitrogen and oxygen atoms in total. The second-order valence-electron chi connectivity index (χ2n) is 4.03. The van der Waals surface area contributed by atoms with Crippen LogP contribution in [-0.4, -0.2) is 16.0 Å². The highest BCUT2D eigenvalue weighted by atomic mass is 35.5. The van der Waals surface area contributed by atoms with Crippen LogP contribution in [-0.2, 0) is 4.79 Å². The molecule has 1 fully saturated rings. The van der Waals surface area contributed by atoms with Gasteiger partial charge in [0.25, 0.3) is 0 Å². The molecule has 1 saturated carbocycles. The smallest absolute Gasteiger partial charge is 0.311 e. The fourth-order valence-electron chi connectivity index (χ4n) is 2.31. The minimum atomic E-state index is -0.774. The summed E-state index contributed by atoms with van der Waals surface area (Å²) in [6.07, 6.45) is 5.37. The Morgan fingerprint density at radius 1 is 1.67 bits per heavy atom. The standard InChI is InChI=1S/C9H11ClO2/c1-8(7(11)12)4-6-2-3-9(8,10)5-6/h2-3,6H,4-5H2,1H3,(H,11,12). The van der Waals surface area contributed by atoms with Crippen molar-refractivity contribution in [2.24, 2.45) is 11.3 Å². The highest BCUT2D eigenvalue weighted by Gasteiger charge is 2.60. The lowest BCUT2D eigenvalue weighted by Crippen LogP contribution is -2.41. The van der Waals surface area contributed by atoms with Crippen molar-refractivity contribution in [1.29, 1.82) is 0 Å². The number of carboxylic acid groups (broad SMARTS) is 1. The Morgan fingerprint density at radius 2 is 2.33 bits per heavy atom. The number of allylic oxidation sites excluding steroid dienone is 2. The number of fused-ring (bicyclic) bond motifs is 2. The van der Waals surface area contributed by atoms with E-state index in [0.29, 0.717) is 12.3 Å². The summed E-state index contributed by atoms with van der Waals surface area (Å²) in [7, 11) is 0. The van der Waals surface area contributed by atoms with E-state index in [9.17, 15) is 4.79 Å². The Bertz CT molecular complexity index is 274. The molecular formula is C9H11ClO2. The van der Waals surface area contributed by atoms with Crippen molar-refractivity contribution in [3.05, 3.63) is 12.2 Å². The van der Waals surface area contributed by atoms with Crippen molar-refractivity contribution in [3.8, 4) is 0 Å². The Kier molecular flexibility index (Phi) is 1.39. The molecule has 0 aromatic rings. The van der Waals surface area contributed by atoms with Gasteiger partial charge in [0.15, 0.2) is 0 Å². The Hall–Kier alpha value is -0.500. The predicted octanol–water partition coefficient (Wildman–Crippen LogP) is 2.03. The summed E-state index contributed by atoms with van der Waals surface area (Å²) < 4.78 is 0. The van der Waals surface area contributed by atoms with E-state index in [1.165, 1.54) is 0 Å². The molecular weight excluding hydrogens is 176 g/mol. The first-order chi connectivity index (χ1) is 5.48. The fourth-order valence-corrected chi connectivity index (χ4v) is 2.74. The predicted molar refractivity (Wildman–Crippen MR) is 46.2 cm³/mol. The van der Waals surface area contributed by atoms with Gasteiger partial charge < -0.3 is 5.11 Å². The van der Waals surface area contributed by atoms with Crippen LogP contribution in [0.4, 0.5) is 0 Å². The Morgan fingerprint density at radius 3 is 2.58 bits per heavy atom. The normalized spacial score (nSPS) is 50.0. The number of hydrogen-bond donors (Lipinski definition) is 1. The molecule has 3 heteroatoms. The monoisotopic (exact) mass is 186 g/mol. The number of alkyl halides is 1. The zero-order valence-electron chi connectivity index (χ0n) is 6.88. The molecule has 2 aliphatic carbocycles. The van der Waals surface area contributed by atoms with E-state index in [-0.39, 0.29) is 0 Å². The third-order valence-corrected chi connectivity index (χ3v) is 3.95. The van der Waals surface area contributed by atoms with Crippen molar-refractivity contribution in [3.63, 3.8) is 0 Å². The van der Waals surface area contributed by atoms with Gasteiger partial charge >= 0.3 is 5.97 Å². The lowest BCUT2D eigenvalue weighted by Gasteiger charge is -2.33. The van der Waals surface area contributed by atoms with Gasteiger partial charge in [0.1, 0.15) is 0 Å². The molecule has 0 spiro atoms. The van der Waals surface area contributed by atoms with Crippen molar-refractivity contribution < 1.29 is 9.90 Å². The molecule has 0 radical (unpaired) electrons. The minimum absolute atomic E-state index is 0.378. The van der Waals surface area contributed by atoms with E-state index in [1.807, 2.05) is 12.2 Å². The molecule has 1 N–H and O–H groups in total. The van der Waals surface area contributed by atoms with Gasteiger partial charge in [-0.25, -0.2) is 0 Å². The van der Waals surface area contributed by atoms with Crippen LogP contribution in [0.3, 0.4) is 0 Å². The van der Waals surface area contributed by atoms with Crippen molar-refractivity contribution in [2.45, 2.75) is 24.6 Å². The fraction of sp³-hybridized carbons (Fsp3) is 0.667. The van der Waals surface area contributed by atoms with Gasteiger partial charge in [-0.1, -0.05) is 12.2 Å². The van der Waals surface area contributed by atoms with Crippen LogP contribution in [0.25, 0.3) is 0 Å². The number of hydrogen-bond acceptors (Lipinski definition) is 1. The van der Waals surface area contributed by atoms with Crippen molar-refractivity contribution >= 4 is 17.6 Å². The summed E-state index contributed by atoms with van der Waals surface area (Å²) in [5.74, 6) is -0.395. The van der Waals surface area contributed by atoms with Gasteiger partial charge in [-0.2, -0.15) is 0 Å². The summed E-state index contributed by atoms with van der Waals surface area (Å²) in [4.78, 5) is 10.4. The number of carbonyl (C=O) groups is 1. The van der Waals surface area contributed by atoms with E-state index < -0.39 is 16.3 Å². The maximum Gasteiger partial charge on any atom is 0.311 e. The summed E-state index contributed by atoms with van der Waals surface area (Å²) in [6.45, 7) is 1.74. The molecule has 0 heterocycles. The van der Waals surface area contributed by atoms with Gasteiger partial charge in [-0.3, -0.25) is 4.79 Å². The molecule has 0 aromatic heterocycles. The molecule has 0 aromatic carbocycles. The molecule has 2 rings (SSSR count). The number of halogens is 1. The molecule has 2 aliphatic rings. The first kappa shape index (κ1) is 8.11. The van der Waals surface area contributed by atoms with Crippen LogP contribution in [0.15, 0.2) is 12.2 Å². The maximum atomic E-state index is 11.0. The lowest BCUT2D eigenvalue weighted by atomic mass is 9.77. The average Bonchev–Trinajstić information content (AvgIpc) is 2.42. The van der Waals surface area contributed by atoms with Gasteiger partial charge in [0, 0.05) is 0 Å². The number of rotatable bonds is 1. The molecule has 2 bridgehead atoms. The zero-order chi connectivity index (χ0) is 8.98. The van der Waals surface area contributed by atoms with E-state index in [4.69, 9.17) is 16.7 Å². The first-order valence-corrected chi connectivity index (χ1v) is 4.47. The molecule has 0 amide bonds. The Balaban J connectivity index is 2.43. The largest absolute Gasteiger partial charge is 0.481 e. The third kappa shape index (κ3) is 0.738. The van der Waals surface area contributed by atoms with Crippen LogP contribution in [0.1, 0.15) is 19.8 Å². The first-order valence-electron chi connectivity index (χ1n) is 4.10. The summed E-state index contributed by atoms with van der Waals surface area (Å²) >= 11 is 6.23. The molecule has 66 valence electrons. The van der Waals surface area contributed by atoms with E-state index in [1.54, 1.807) is 6.92 Å². The Labute approximate surface area is 76.2 Å².